The van der Waals surface area contributed by atoms with Gasteiger partial charge in [0, 0.05) is 60.1 Å². The van der Waals surface area contributed by atoms with Gasteiger partial charge >= 0.3 is 5.97 Å². The summed E-state index contributed by atoms with van der Waals surface area (Å²) in [7, 11) is 0.608. The first-order valence-electron chi connectivity index (χ1n) is 17.3. The van der Waals surface area contributed by atoms with Gasteiger partial charge in [0.2, 0.25) is 10.0 Å². The van der Waals surface area contributed by atoms with Crippen LogP contribution in [0.2, 0.25) is 5.02 Å². The predicted octanol–water partition coefficient (Wildman–Crippen LogP) is 6.35. The Labute approximate surface area is 305 Å². The van der Waals surface area contributed by atoms with Crippen LogP contribution in [0.15, 0.2) is 103 Å². The van der Waals surface area contributed by atoms with Crippen LogP contribution >= 0.6 is 11.6 Å². The number of aromatic carboxylic acids is 1. The highest BCUT2D eigenvalue weighted by Gasteiger charge is 2.27. The van der Waals surface area contributed by atoms with Gasteiger partial charge in [-0.15, -0.1) is 0 Å². The second-order valence-electron chi connectivity index (χ2n) is 13.3. The third-order valence-electron chi connectivity index (χ3n) is 9.73. The van der Waals surface area contributed by atoms with Gasteiger partial charge in [0.05, 0.1) is 24.0 Å². The highest BCUT2D eigenvalue weighted by Crippen LogP contribution is 2.38. The molecule has 9 nitrogen and oxygen atoms in total. The van der Waals surface area contributed by atoms with E-state index in [1.165, 1.54) is 12.1 Å². The summed E-state index contributed by atoms with van der Waals surface area (Å²) in [6.07, 6.45) is 2.00. The van der Waals surface area contributed by atoms with Crippen LogP contribution < -0.4 is 9.46 Å². The number of rotatable bonds is 16. The molecule has 0 saturated carbocycles. The van der Waals surface area contributed by atoms with Crippen LogP contribution in [0.4, 0.5) is 0 Å². The molecule has 51 heavy (non-hydrogen) atoms. The average molecular weight is 729 g/mol. The highest BCUT2D eigenvalue weighted by atomic mass is 35.5. The van der Waals surface area contributed by atoms with Crippen molar-refractivity contribution in [3.05, 3.63) is 136 Å². The van der Waals surface area contributed by atoms with Crippen LogP contribution in [0.3, 0.4) is 0 Å². The summed E-state index contributed by atoms with van der Waals surface area (Å²) >= 11 is 6.63. The molecular formula is C40H45ClN4O5S. The molecule has 0 radical (unpaired) electrons. The standard InChI is InChI=1S/C40H45ClN4O5S/c1-43(2)33-20-23-44(28-33)24-26-51(48,49)42-22-19-38-35(21-25-50-34-16-13-31(14-17-34)40(46)47)36-27-32(41)15-18-37(36)45(38)39(29-9-5-3-6-10-29)30-11-7-4-8-12-30/h3-18,27,33,39,42H,19-26,28H2,1-2H3,(H,46,47). The maximum Gasteiger partial charge on any atom is 0.335 e. The minimum absolute atomic E-state index is 0.0454. The van der Waals surface area contributed by atoms with E-state index in [4.69, 9.17) is 16.3 Å². The maximum absolute atomic E-state index is 13.3. The Morgan fingerprint density at radius 1 is 0.961 bits per heavy atom. The van der Waals surface area contributed by atoms with E-state index in [-0.39, 0.29) is 23.9 Å². The predicted molar refractivity (Wildman–Crippen MR) is 204 cm³/mol. The minimum atomic E-state index is -3.53. The van der Waals surface area contributed by atoms with Gasteiger partial charge in [-0.2, -0.15) is 0 Å². The van der Waals surface area contributed by atoms with Gasteiger partial charge in [-0.25, -0.2) is 17.9 Å². The number of halogens is 1. The zero-order valence-electron chi connectivity index (χ0n) is 29.0. The zero-order chi connectivity index (χ0) is 36.0. The van der Waals surface area contributed by atoms with Gasteiger partial charge in [-0.05, 0) is 86.2 Å². The van der Waals surface area contributed by atoms with E-state index in [0.717, 1.165) is 52.8 Å². The van der Waals surface area contributed by atoms with E-state index in [1.54, 1.807) is 12.1 Å². The Bertz CT molecular complexity index is 2000. The van der Waals surface area contributed by atoms with E-state index in [2.05, 4.69) is 57.4 Å². The number of nitrogens with zero attached hydrogens (tertiary/aromatic N) is 3. The number of likely N-dealkylation sites (tertiary alicyclic amines) is 1. The molecule has 2 heterocycles. The van der Waals surface area contributed by atoms with E-state index in [0.29, 0.717) is 42.8 Å². The fourth-order valence-electron chi connectivity index (χ4n) is 7.06. The van der Waals surface area contributed by atoms with Crippen molar-refractivity contribution in [3.8, 4) is 5.75 Å². The lowest BCUT2D eigenvalue weighted by atomic mass is 9.97. The SMILES string of the molecule is CN(C)C1CCN(CCS(=O)(=O)NCCc2c(CCOc3ccc(C(=O)O)cc3)c3cc(Cl)ccc3n2C(c2ccccc2)c2ccccc2)C1. The molecule has 4 aromatic carbocycles. The molecule has 1 atom stereocenters. The maximum atomic E-state index is 13.3. The molecule has 0 amide bonds. The number of benzene rings is 4. The van der Waals surface area contributed by atoms with Crippen molar-refractivity contribution in [1.82, 2.24) is 19.1 Å². The molecule has 0 aliphatic carbocycles. The largest absolute Gasteiger partial charge is 0.493 e. The third-order valence-corrected chi connectivity index (χ3v) is 11.3. The van der Waals surface area contributed by atoms with Gasteiger partial charge in [0.15, 0.2) is 0 Å². The van der Waals surface area contributed by atoms with Crippen LogP contribution in [0.25, 0.3) is 10.9 Å². The number of carbonyl (C=O) groups is 1. The molecule has 1 fully saturated rings. The van der Waals surface area contributed by atoms with Crippen LogP contribution in [0.1, 0.15) is 45.2 Å². The first-order chi connectivity index (χ1) is 24.6. The van der Waals surface area contributed by atoms with Crippen LogP contribution in [0.5, 0.6) is 5.75 Å². The van der Waals surface area contributed by atoms with Crippen molar-refractivity contribution in [3.63, 3.8) is 0 Å². The number of likely N-dealkylation sites (N-methyl/N-ethyl adjacent to an activating group) is 1. The number of hydrogen-bond donors (Lipinski definition) is 2. The Kier molecular flexibility index (Phi) is 11.8. The van der Waals surface area contributed by atoms with Crippen LogP contribution in [0, 0.1) is 0 Å². The normalized spacial score (nSPS) is 15.3. The Balaban J connectivity index is 1.33. The molecule has 0 spiro atoms. The molecule has 6 rings (SSSR count). The Morgan fingerprint density at radius 3 is 2.24 bits per heavy atom. The molecule has 11 heteroatoms. The number of carboxylic acids is 1. The lowest BCUT2D eigenvalue weighted by Crippen LogP contribution is -2.36. The first-order valence-corrected chi connectivity index (χ1v) is 19.4. The fraction of sp³-hybridized carbons (Fsp3) is 0.325. The van der Waals surface area contributed by atoms with Gasteiger partial charge in [-0.3, -0.25) is 0 Å². The molecule has 1 aliphatic heterocycles. The molecular weight excluding hydrogens is 684 g/mol. The van der Waals surface area contributed by atoms with Crippen molar-refractivity contribution in [2.75, 3.05) is 52.6 Å². The monoisotopic (exact) mass is 728 g/mol. The van der Waals surface area contributed by atoms with Crippen molar-refractivity contribution < 1.29 is 23.1 Å². The first kappa shape index (κ1) is 36.6. The number of nitrogens with one attached hydrogen (secondary N) is 1. The summed E-state index contributed by atoms with van der Waals surface area (Å²) in [4.78, 5) is 15.8. The number of fused-ring (bicyclic) bond motifs is 1. The Morgan fingerprint density at radius 2 is 1.63 bits per heavy atom. The lowest BCUT2D eigenvalue weighted by molar-refractivity contribution is 0.0697. The van der Waals surface area contributed by atoms with Gasteiger partial charge < -0.3 is 24.2 Å². The molecule has 1 aliphatic rings. The second kappa shape index (κ2) is 16.4. The summed E-state index contributed by atoms with van der Waals surface area (Å²) < 4.78 is 38.0. The van der Waals surface area contributed by atoms with Crippen LogP contribution in [-0.2, 0) is 22.9 Å². The van der Waals surface area contributed by atoms with Gasteiger partial charge in [0.1, 0.15) is 5.75 Å². The fourth-order valence-corrected chi connectivity index (χ4v) is 8.29. The van der Waals surface area contributed by atoms with Crippen molar-refractivity contribution in [2.45, 2.75) is 31.3 Å². The minimum Gasteiger partial charge on any atom is -0.493 e. The topological polar surface area (TPSA) is 104 Å². The average Bonchev–Trinajstić information content (AvgIpc) is 3.72. The van der Waals surface area contributed by atoms with Crippen LogP contribution in [-0.4, -0.2) is 92.5 Å². The number of hydrogen-bond acceptors (Lipinski definition) is 6. The molecule has 1 aromatic heterocycles. The smallest absolute Gasteiger partial charge is 0.335 e. The molecule has 2 N–H and O–H groups in total. The summed E-state index contributed by atoms with van der Waals surface area (Å²) in [5.41, 5.74) is 5.39. The van der Waals surface area contributed by atoms with Gasteiger partial charge in [-0.1, -0.05) is 72.3 Å². The van der Waals surface area contributed by atoms with Crippen molar-refractivity contribution in [1.29, 1.82) is 0 Å². The number of aromatic nitrogens is 1. The molecule has 1 unspecified atom stereocenters. The third kappa shape index (κ3) is 9.01. The quantitative estimate of drug-likeness (QED) is 0.122. The van der Waals surface area contributed by atoms with Gasteiger partial charge in [0.25, 0.3) is 0 Å². The Hall–Kier alpha value is -4.19. The highest BCUT2D eigenvalue weighted by molar-refractivity contribution is 7.89. The number of carboxylic acid groups (broad SMARTS) is 1. The summed E-state index contributed by atoms with van der Waals surface area (Å²) in [6.45, 7) is 2.82. The summed E-state index contributed by atoms with van der Waals surface area (Å²) in [5, 5.41) is 10.9. The summed E-state index contributed by atoms with van der Waals surface area (Å²) in [6, 6.07) is 33.1. The molecule has 1 saturated heterocycles. The molecule has 0 bridgehead atoms. The zero-order valence-corrected chi connectivity index (χ0v) is 30.6. The number of ether oxygens (including phenoxy) is 1. The van der Waals surface area contributed by atoms with E-state index in [9.17, 15) is 18.3 Å². The van der Waals surface area contributed by atoms with E-state index < -0.39 is 16.0 Å². The molecule has 5 aromatic rings. The molecule has 268 valence electrons. The van der Waals surface area contributed by atoms with Crippen molar-refractivity contribution in [2.24, 2.45) is 0 Å². The van der Waals surface area contributed by atoms with E-state index in [1.807, 2.05) is 54.6 Å². The van der Waals surface area contributed by atoms with Crippen molar-refractivity contribution >= 4 is 38.5 Å². The lowest BCUT2D eigenvalue weighted by Gasteiger charge is -2.25. The van der Waals surface area contributed by atoms with E-state index >= 15 is 0 Å². The second-order valence-corrected chi connectivity index (χ2v) is 15.6. The summed E-state index contributed by atoms with van der Waals surface area (Å²) in [5.74, 6) is -0.381. The number of sulfonamides is 1.